The van der Waals surface area contributed by atoms with Crippen molar-refractivity contribution in [3.8, 4) is 16.9 Å². The Labute approximate surface area is 236 Å². The summed E-state index contributed by atoms with van der Waals surface area (Å²) in [6.45, 7) is 1.95. The fourth-order valence-corrected chi connectivity index (χ4v) is 4.03. The third kappa shape index (κ3) is 6.61. The summed E-state index contributed by atoms with van der Waals surface area (Å²) in [5.74, 6) is -2.39. The fraction of sp³-hybridized carbons (Fsp3) is 0.0312. The largest absolute Gasteiger partial charge is 0.329 e. The van der Waals surface area contributed by atoms with Gasteiger partial charge in [-0.05, 0) is 43.3 Å². The molecular weight excluding hydrogens is 516 g/mol. The minimum Gasteiger partial charge on any atom is -0.322 e. The number of para-hydroxylation sites is 2. The highest BCUT2D eigenvalue weighted by atomic mass is 16.2. The van der Waals surface area contributed by atoms with E-state index in [1.807, 2.05) is 79.7 Å². The highest BCUT2D eigenvalue weighted by molar-refractivity contribution is 6.40. The number of amides is 3. The number of nitrogens with one attached hydrogen (secondary N) is 3. The third-order valence-electron chi connectivity index (χ3n) is 6.12. The molecule has 0 aliphatic rings. The van der Waals surface area contributed by atoms with Crippen LogP contribution in [0.5, 0.6) is 0 Å². The zero-order chi connectivity index (χ0) is 28.6. The molecule has 0 unspecified atom stereocenters. The molecule has 0 spiro atoms. The Morgan fingerprint density at radius 2 is 1.41 bits per heavy atom. The van der Waals surface area contributed by atoms with Crippen molar-refractivity contribution in [3.63, 3.8) is 0 Å². The summed E-state index contributed by atoms with van der Waals surface area (Å²) in [6.07, 6.45) is 3.22. The Morgan fingerprint density at radius 3 is 2.15 bits per heavy atom. The van der Waals surface area contributed by atoms with Crippen LogP contribution >= 0.6 is 0 Å². The maximum Gasteiger partial charge on any atom is 0.329 e. The molecule has 3 N–H and O–H groups in total. The van der Waals surface area contributed by atoms with Gasteiger partial charge in [-0.1, -0.05) is 78.4 Å². The average molecular weight is 543 g/mol. The first kappa shape index (κ1) is 26.8. The monoisotopic (exact) mass is 542 g/mol. The molecule has 0 aliphatic heterocycles. The van der Waals surface area contributed by atoms with Crippen molar-refractivity contribution >= 4 is 35.3 Å². The quantitative estimate of drug-likeness (QED) is 0.149. The summed E-state index contributed by atoms with van der Waals surface area (Å²) < 4.78 is 1.72. The predicted molar refractivity (Wildman–Crippen MR) is 159 cm³/mol. The molecule has 3 amide bonds. The van der Waals surface area contributed by atoms with Crippen molar-refractivity contribution in [1.29, 1.82) is 0 Å². The lowest BCUT2D eigenvalue weighted by Gasteiger charge is -2.11. The number of rotatable bonds is 7. The molecule has 9 heteroatoms. The van der Waals surface area contributed by atoms with E-state index in [9.17, 15) is 14.4 Å². The summed E-state index contributed by atoms with van der Waals surface area (Å²) in [5.41, 5.74) is 7.35. The molecule has 1 heterocycles. The first-order valence-corrected chi connectivity index (χ1v) is 12.8. The summed E-state index contributed by atoms with van der Waals surface area (Å²) >= 11 is 0. The summed E-state index contributed by atoms with van der Waals surface area (Å²) in [5, 5.41) is 14.0. The van der Waals surface area contributed by atoms with E-state index in [2.05, 4.69) is 21.2 Å². The number of carbonyl (C=O) groups is 3. The molecule has 5 rings (SSSR count). The van der Waals surface area contributed by atoms with E-state index in [1.54, 1.807) is 47.3 Å². The number of hydrogen-bond acceptors (Lipinski definition) is 5. The molecule has 41 heavy (non-hydrogen) atoms. The molecular formula is C32H26N6O3. The van der Waals surface area contributed by atoms with Crippen LogP contribution in [0, 0.1) is 6.92 Å². The second-order valence-electron chi connectivity index (χ2n) is 9.10. The predicted octanol–water partition coefficient (Wildman–Crippen LogP) is 5.19. The molecule has 4 aromatic carbocycles. The standard InChI is InChI=1S/C32H26N6O3/c1-22-16-18-25(19-17-22)34-30(39)27-14-8-9-15-28(27)35-31(40)32(41)36-33-20-24-21-38(26-12-6-3-7-13-26)37-29(24)23-10-4-2-5-11-23/h2-21H,1H3,(H,34,39)(H,35,40)(H,36,41). The molecule has 202 valence electrons. The molecule has 0 fully saturated rings. The molecule has 0 saturated heterocycles. The van der Waals surface area contributed by atoms with Gasteiger partial charge in [-0.3, -0.25) is 14.4 Å². The first-order valence-electron chi connectivity index (χ1n) is 12.8. The van der Waals surface area contributed by atoms with Crippen LogP contribution in [-0.4, -0.2) is 33.7 Å². The van der Waals surface area contributed by atoms with Crippen LogP contribution in [0.25, 0.3) is 16.9 Å². The van der Waals surface area contributed by atoms with Gasteiger partial charge in [0.2, 0.25) is 0 Å². The summed E-state index contributed by atoms with van der Waals surface area (Å²) in [7, 11) is 0. The topological polar surface area (TPSA) is 117 Å². The third-order valence-corrected chi connectivity index (χ3v) is 6.12. The van der Waals surface area contributed by atoms with Crippen LogP contribution in [0.1, 0.15) is 21.5 Å². The fourth-order valence-electron chi connectivity index (χ4n) is 4.03. The number of nitrogens with zero attached hydrogens (tertiary/aromatic N) is 3. The van der Waals surface area contributed by atoms with Gasteiger partial charge in [0, 0.05) is 23.0 Å². The lowest BCUT2D eigenvalue weighted by molar-refractivity contribution is -0.136. The lowest BCUT2D eigenvalue weighted by atomic mass is 10.1. The molecule has 5 aromatic rings. The first-order chi connectivity index (χ1) is 20.0. The lowest BCUT2D eigenvalue weighted by Crippen LogP contribution is -2.33. The number of aromatic nitrogens is 2. The highest BCUT2D eigenvalue weighted by Gasteiger charge is 2.18. The van der Waals surface area contributed by atoms with E-state index in [0.29, 0.717) is 16.9 Å². The van der Waals surface area contributed by atoms with Gasteiger partial charge in [0.05, 0.1) is 23.2 Å². The van der Waals surface area contributed by atoms with Crippen molar-refractivity contribution in [3.05, 3.63) is 132 Å². The van der Waals surface area contributed by atoms with Crippen molar-refractivity contribution in [2.75, 3.05) is 10.6 Å². The van der Waals surface area contributed by atoms with Crippen LogP contribution in [0.4, 0.5) is 11.4 Å². The summed E-state index contributed by atoms with van der Waals surface area (Å²) in [4.78, 5) is 38.1. The number of carbonyl (C=O) groups excluding carboxylic acids is 3. The second kappa shape index (κ2) is 12.4. The van der Waals surface area contributed by atoms with Crippen LogP contribution in [0.3, 0.4) is 0 Å². The molecule has 9 nitrogen and oxygen atoms in total. The number of aryl methyl sites for hydroxylation is 1. The van der Waals surface area contributed by atoms with Gasteiger partial charge in [-0.2, -0.15) is 10.2 Å². The zero-order valence-electron chi connectivity index (χ0n) is 22.1. The molecule has 0 bridgehead atoms. The molecule has 1 aromatic heterocycles. The maximum atomic E-state index is 12.9. The van der Waals surface area contributed by atoms with Crippen LogP contribution in [0.2, 0.25) is 0 Å². The van der Waals surface area contributed by atoms with E-state index in [0.717, 1.165) is 16.8 Å². The van der Waals surface area contributed by atoms with E-state index >= 15 is 0 Å². The van der Waals surface area contributed by atoms with E-state index in [-0.39, 0.29) is 11.3 Å². The van der Waals surface area contributed by atoms with Crippen LogP contribution in [0.15, 0.2) is 120 Å². The zero-order valence-corrected chi connectivity index (χ0v) is 22.1. The SMILES string of the molecule is Cc1ccc(NC(=O)c2ccccc2NC(=O)C(=O)NN=Cc2cn(-c3ccccc3)nc2-c2ccccc2)cc1. The van der Waals surface area contributed by atoms with Crippen LogP contribution in [-0.2, 0) is 9.59 Å². The van der Waals surface area contributed by atoms with Crippen molar-refractivity contribution in [2.24, 2.45) is 5.10 Å². The van der Waals surface area contributed by atoms with Gasteiger partial charge in [0.1, 0.15) is 5.69 Å². The molecule has 0 saturated carbocycles. The minimum atomic E-state index is -0.994. The molecule has 0 aliphatic carbocycles. The van der Waals surface area contributed by atoms with E-state index in [4.69, 9.17) is 5.10 Å². The van der Waals surface area contributed by atoms with E-state index < -0.39 is 17.7 Å². The van der Waals surface area contributed by atoms with Crippen molar-refractivity contribution in [2.45, 2.75) is 6.92 Å². The van der Waals surface area contributed by atoms with Gasteiger partial charge >= 0.3 is 11.8 Å². The maximum absolute atomic E-state index is 12.9. The van der Waals surface area contributed by atoms with Gasteiger partial charge in [-0.15, -0.1) is 0 Å². The van der Waals surface area contributed by atoms with Gasteiger partial charge < -0.3 is 10.6 Å². The molecule has 0 atom stereocenters. The Morgan fingerprint density at radius 1 is 0.756 bits per heavy atom. The summed E-state index contributed by atoms with van der Waals surface area (Å²) in [6, 6.07) is 32.9. The Hall–Kier alpha value is -5.83. The van der Waals surface area contributed by atoms with E-state index in [1.165, 1.54) is 6.21 Å². The highest BCUT2D eigenvalue weighted by Crippen LogP contribution is 2.22. The Balaban J connectivity index is 1.28. The van der Waals surface area contributed by atoms with Gasteiger partial charge in [-0.25, -0.2) is 10.1 Å². The number of benzene rings is 4. The molecule has 0 radical (unpaired) electrons. The second-order valence-corrected chi connectivity index (χ2v) is 9.10. The normalized spacial score (nSPS) is 10.8. The van der Waals surface area contributed by atoms with Gasteiger partial charge in [0.15, 0.2) is 0 Å². The number of anilines is 2. The van der Waals surface area contributed by atoms with Gasteiger partial charge in [0.25, 0.3) is 5.91 Å². The van der Waals surface area contributed by atoms with Crippen molar-refractivity contribution < 1.29 is 14.4 Å². The Kier molecular flexibility index (Phi) is 8.06. The average Bonchev–Trinajstić information content (AvgIpc) is 3.43. The Bertz CT molecular complexity index is 1710. The number of hydrogen-bond donors (Lipinski definition) is 3. The minimum absolute atomic E-state index is 0.191. The smallest absolute Gasteiger partial charge is 0.322 e. The number of hydrazone groups is 1. The van der Waals surface area contributed by atoms with Crippen LogP contribution < -0.4 is 16.1 Å². The van der Waals surface area contributed by atoms with Crippen molar-refractivity contribution in [1.82, 2.24) is 15.2 Å².